The van der Waals surface area contributed by atoms with Crippen molar-refractivity contribution in [2.75, 3.05) is 0 Å². The van der Waals surface area contributed by atoms with Crippen LogP contribution in [-0.2, 0) is 19.5 Å². The van der Waals surface area contributed by atoms with Gasteiger partial charge in [-0.15, -0.1) is 0 Å². The van der Waals surface area contributed by atoms with Gasteiger partial charge < -0.3 is 10.3 Å². The van der Waals surface area contributed by atoms with E-state index in [1.165, 1.54) is 36.1 Å². The Morgan fingerprint density at radius 3 is 3.00 bits per heavy atom. The quantitative estimate of drug-likeness (QED) is 0.873. The Bertz CT molecular complexity index is 594. The van der Waals surface area contributed by atoms with Crippen molar-refractivity contribution >= 4 is 0 Å². The summed E-state index contributed by atoms with van der Waals surface area (Å²) in [7, 11) is 0. The summed E-state index contributed by atoms with van der Waals surface area (Å²) in [6.07, 6.45) is 9.32. The van der Waals surface area contributed by atoms with Crippen molar-refractivity contribution in [3.63, 3.8) is 0 Å². The van der Waals surface area contributed by atoms with Crippen molar-refractivity contribution in [2.45, 2.75) is 58.7 Å². The zero-order valence-corrected chi connectivity index (χ0v) is 12.5. The van der Waals surface area contributed by atoms with Crippen LogP contribution in [0.5, 0.6) is 0 Å². The second-order valence-corrected chi connectivity index (χ2v) is 5.86. The molecule has 2 heterocycles. The number of rotatable bonds is 3. The van der Waals surface area contributed by atoms with Crippen LogP contribution in [0.2, 0.25) is 0 Å². The molecule has 3 rings (SSSR count). The summed E-state index contributed by atoms with van der Waals surface area (Å²) in [5.74, 6) is 0. The normalized spacial score (nSPS) is 18.9. The maximum Gasteiger partial charge on any atom is 0.0639 e. The summed E-state index contributed by atoms with van der Waals surface area (Å²) in [6.45, 7) is 5.99. The lowest BCUT2D eigenvalue weighted by molar-refractivity contribution is 0.590. The Morgan fingerprint density at radius 2 is 2.20 bits per heavy atom. The topological polar surface area (TPSA) is 48.8 Å². The van der Waals surface area contributed by atoms with Crippen molar-refractivity contribution in [3.05, 3.63) is 41.0 Å². The first-order valence-corrected chi connectivity index (χ1v) is 7.65. The molecule has 2 aromatic rings. The zero-order chi connectivity index (χ0) is 14.1. The lowest BCUT2D eigenvalue weighted by atomic mass is 10.1. The van der Waals surface area contributed by atoms with E-state index < -0.39 is 0 Å². The van der Waals surface area contributed by atoms with Crippen LogP contribution in [-0.4, -0.2) is 14.3 Å². The largest absolute Gasteiger partial charge is 0.348 e. The minimum absolute atomic E-state index is 0.214. The first-order chi connectivity index (χ1) is 9.67. The van der Waals surface area contributed by atoms with Gasteiger partial charge in [-0.2, -0.15) is 5.10 Å². The molecule has 0 aliphatic heterocycles. The summed E-state index contributed by atoms with van der Waals surface area (Å²) < 4.78 is 4.36. The fourth-order valence-electron chi connectivity index (χ4n) is 3.23. The number of hydrogen-bond acceptors (Lipinski definition) is 2. The average molecular weight is 272 g/mol. The second-order valence-electron chi connectivity index (χ2n) is 5.86. The van der Waals surface area contributed by atoms with Crippen LogP contribution in [0.3, 0.4) is 0 Å². The van der Waals surface area contributed by atoms with Crippen molar-refractivity contribution in [3.8, 4) is 0 Å². The lowest BCUT2D eigenvalue weighted by Crippen LogP contribution is -2.09. The van der Waals surface area contributed by atoms with Gasteiger partial charge in [0.25, 0.3) is 0 Å². The number of aromatic nitrogens is 3. The maximum atomic E-state index is 6.28. The third kappa shape index (κ3) is 2.52. The van der Waals surface area contributed by atoms with E-state index in [4.69, 9.17) is 5.73 Å². The van der Waals surface area contributed by atoms with Gasteiger partial charge >= 0.3 is 0 Å². The Balaban J connectivity index is 1.86. The summed E-state index contributed by atoms with van der Waals surface area (Å²) in [5, 5.41) is 4.52. The van der Waals surface area contributed by atoms with Crippen molar-refractivity contribution in [1.82, 2.24) is 14.3 Å². The fourth-order valence-corrected chi connectivity index (χ4v) is 3.23. The van der Waals surface area contributed by atoms with Crippen LogP contribution in [0.4, 0.5) is 0 Å². The third-order valence-electron chi connectivity index (χ3n) is 4.24. The molecule has 0 fully saturated rings. The van der Waals surface area contributed by atoms with E-state index in [9.17, 15) is 0 Å². The molecule has 0 amide bonds. The lowest BCUT2D eigenvalue weighted by Gasteiger charge is -2.08. The number of aryl methyl sites for hydroxylation is 3. The molecule has 1 aliphatic rings. The molecule has 0 spiro atoms. The molecule has 0 saturated carbocycles. The molecular weight excluding hydrogens is 248 g/mol. The molecule has 0 bridgehead atoms. The van der Waals surface area contributed by atoms with Gasteiger partial charge in [0.05, 0.1) is 17.9 Å². The molecule has 1 aliphatic carbocycles. The van der Waals surface area contributed by atoms with Crippen LogP contribution in [0.25, 0.3) is 0 Å². The van der Waals surface area contributed by atoms with Crippen LogP contribution in [0.15, 0.2) is 18.5 Å². The van der Waals surface area contributed by atoms with E-state index in [1.807, 2.05) is 0 Å². The predicted octanol–water partition coefficient (Wildman–Crippen LogP) is 2.79. The average Bonchev–Trinajstić information content (AvgIpc) is 2.94. The number of hydrogen-bond donors (Lipinski definition) is 1. The summed E-state index contributed by atoms with van der Waals surface area (Å²) in [6, 6.07) is 2.39. The van der Waals surface area contributed by atoms with Crippen molar-refractivity contribution in [2.24, 2.45) is 5.73 Å². The third-order valence-corrected chi connectivity index (χ3v) is 4.24. The van der Waals surface area contributed by atoms with Crippen LogP contribution >= 0.6 is 0 Å². The molecule has 4 nitrogen and oxygen atoms in total. The molecule has 108 valence electrons. The Hall–Kier alpha value is -1.55. The SMILES string of the molecule is CCn1nc(C)cc1Cn1cc2c(c1)C(N)CCCC2. The van der Waals surface area contributed by atoms with E-state index in [0.29, 0.717) is 0 Å². The van der Waals surface area contributed by atoms with Crippen LogP contribution in [0.1, 0.15) is 54.7 Å². The molecule has 0 saturated heterocycles. The second kappa shape index (κ2) is 5.44. The number of nitrogens with two attached hydrogens (primary N) is 1. The van der Waals surface area contributed by atoms with Gasteiger partial charge in [-0.25, -0.2) is 0 Å². The molecule has 20 heavy (non-hydrogen) atoms. The molecule has 2 N–H and O–H groups in total. The number of nitrogens with zero attached hydrogens (tertiary/aromatic N) is 3. The molecule has 1 atom stereocenters. The highest BCUT2D eigenvalue weighted by Crippen LogP contribution is 2.28. The minimum Gasteiger partial charge on any atom is -0.348 e. The standard InChI is InChI=1S/C16H24N4/c1-3-20-14(8-12(2)18-20)10-19-9-13-6-4-5-7-16(17)15(13)11-19/h8-9,11,16H,3-7,10,17H2,1-2H3. The van der Waals surface area contributed by atoms with E-state index in [2.05, 4.69) is 46.7 Å². The summed E-state index contributed by atoms with van der Waals surface area (Å²) >= 11 is 0. The smallest absolute Gasteiger partial charge is 0.0639 e. The van der Waals surface area contributed by atoms with Crippen molar-refractivity contribution in [1.29, 1.82) is 0 Å². The first-order valence-electron chi connectivity index (χ1n) is 7.65. The number of fused-ring (bicyclic) bond motifs is 1. The highest BCUT2D eigenvalue weighted by atomic mass is 15.3. The van der Waals surface area contributed by atoms with E-state index in [1.54, 1.807) is 0 Å². The highest BCUT2D eigenvalue weighted by molar-refractivity contribution is 5.29. The maximum absolute atomic E-state index is 6.28. The zero-order valence-electron chi connectivity index (χ0n) is 12.5. The Morgan fingerprint density at radius 1 is 1.35 bits per heavy atom. The monoisotopic (exact) mass is 272 g/mol. The van der Waals surface area contributed by atoms with E-state index in [-0.39, 0.29) is 6.04 Å². The van der Waals surface area contributed by atoms with E-state index in [0.717, 1.165) is 25.2 Å². The van der Waals surface area contributed by atoms with Crippen LogP contribution < -0.4 is 5.73 Å². The molecular formula is C16H24N4. The summed E-state index contributed by atoms with van der Waals surface area (Å²) in [5.41, 5.74) is 11.4. The first kappa shape index (κ1) is 13.4. The van der Waals surface area contributed by atoms with Gasteiger partial charge in [0, 0.05) is 25.0 Å². The van der Waals surface area contributed by atoms with E-state index >= 15 is 0 Å². The fraction of sp³-hybridized carbons (Fsp3) is 0.562. The predicted molar refractivity (Wildman–Crippen MR) is 80.7 cm³/mol. The van der Waals surface area contributed by atoms with Crippen LogP contribution in [0, 0.1) is 6.92 Å². The van der Waals surface area contributed by atoms with Crippen molar-refractivity contribution < 1.29 is 0 Å². The molecule has 0 radical (unpaired) electrons. The van der Waals surface area contributed by atoms with Gasteiger partial charge in [-0.3, -0.25) is 4.68 Å². The minimum atomic E-state index is 0.214. The van der Waals surface area contributed by atoms with Gasteiger partial charge in [0.1, 0.15) is 0 Å². The highest BCUT2D eigenvalue weighted by Gasteiger charge is 2.17. The van der Waals surface area contributed by atoms with Gasteiger partial charge in [-0.1, -0.05) is 6.42 Å². The van der Waals surface area contributed by atoms with Gasteiger partial charge in [-0.05, 0) is 50.3 Å². The molecule has 4 heteroatoms. The molecule has 0 aromatic carbocycles. The summed E-state index contributed by atoms with van der Waals surface area (Å²) in [4.78, 5) is 0. The molecule has 2 aromatic heterocycles. The Labute approximate surface area is 120 Å². The molecule has 1 unspecified atom stereocenters. The van der Waals surface area contributed by atoms with Gasteiger partial charge in [0.15, 0.2) is 0 Å². The Kier molecular flexibility index (Phi) is 3.66. The van der Waals surface area contributed by atoms with Gasteiger partial charge in [0.2, 0.25) is 0 Å².